The summed E-state index contributed by atoms with van der Waals surface area (Å²) in [6.07, 6.45) is 3.26. The van der Waals surface area contributed by atoms with E-state index in [1.165, 1.54) is 0 Å². The molecular formula is C23H29NO4. The molecule has 1 unspecified atom stereocenters. The monoisotopic (exact) mass is 383 g/mol. The van der Waals surface area contributed by atoms with Crippen LogP contribution in [0.15, 0.2) is 48.5 Å². The van der Waals surface area contributed by atoms with Gasteiger partial charge in [0.1, 0.15) is 11.5 Å². The third-order valence-corrected chi connectivity index (χ3v) is 5.16. The van der Waals surface area contributed by atoms with Crippen LogP contribution in [0.2, 0.25) is 0 Å². The highest BCUT2D eigenvalue weighted by Gasteiger charge is 2.23. The third-order valence-electron chi connectivity index (χ3n) is 5.16. The lowest BCUT2D eigenvalue weighted by Crippen LogP contribution is -2.37. The van der Waals surface area contributed by atoms with Crippen LogP contribution in [-0.4, -0.2) is 44.3 Å². The van der Waals surface area contributed by atoms with Crippen LogP contribution in [0, 0.1) is 0 Å². The van der Waals surface area contributed by atoms with Gasteiger partial charge in [-0.15, -0.1) is 0 Å². The lowest BCUT2D eigenvalue weighted by atomic mass is 10.1. The summed E-state index contributed by atoms with van der Waals surface area (Å²) in [7, 11) is 3.32. The quantitative estimate of drug-likeness (QED) is 0.660. The molecule has 0 aliphatic carbocycles. The number of rotatable bonds is 9. The van der Waals surface area contributed by atoms with Crippen molar-refractivity contribution in [1.29, 1.82) is 0 Å². The Hall–Kier alpha value is -2.53. The standard InChI is InChI=1S/C23H29NO4/c1-26-21-11-5-3-8-18(21)13-14-23(25)24(17-20-10-7-15-28-20)16-19-9-4-6-12-22(19)27-2/h3-6,8-9,11-12,20H,7,10,13-17H2,1-2H3. The smallest absolute Gasteiger partial charge is 0.223 e. The first-order valence-corrected chi connectivity index (χ1v) is 9.84. The molecule has 2 aromatic carbocycles. The molecule has 0 radical (unpaired) electrons. The molecule has 3 rings (SSSR count). The maximum Gasteiger partial charge on any atom is 0.223 e. The number of carbonyl (C=O) groups is 1. The van der Waals surface area contributed by atoms with Crippen molar-refractivity contribution in [2.24, 2.45) is 0 Å². The van der Waals surface area contributed by atoms with E-state index in [1.807, 2.05) is 53.4 Å². The van der Waals surface area contributed by atoms with Crippen molar-refractivity contribution in [1.82, 2.24) is 4.90 Å². The normalized spacial score (nSPS) is 16.0. The van der Waals surface area contributed by atoms with E-state index in [1.54, 1.807) is 14.2 Å². The van der Waals surface area contributed by atoms with Crippen molar-refractivity contribution in [3.63, 3.8) is 0 Å². The molecule has 0 N–H and O–H groups in total. The molecule has 1 saturated heterocycles. The minimum Gasteiger partial charge on any atom is -0.496 e. The Morgan fingerprint density at radius 3 is 2.32 bits per heavy atom. The highest BCUT2D eigenvalue weighted by molar-refractivity contribution is 5.76. The third kappa shape index (κ3) is 5.26. The van der Waals surface area contributed by atoms with Gasteiger partial charge in [-0.25, -0.2) is 0 Å². The van der Waals surface area contributed by atoms with Crippen LogP contribution < -0.4 is 9.47 Å². The molecule has 5 heteroatoms. The van der Waals surface area contributed by atoms with E-state index in [2.05, 4.69) is 0 Å². The van der Waals surface area contributed by atoms with E-state index in [4.69, 9.17) is 14.2 Å². The molecule has 2 aromatic rings. The number of carbonyl (C=O) groups excluding carboxylic acids is 1. The van der Waals surface area contributed by atoms with Gasteiger partial charge in [0.25, 0.3) is 0 Å². The highest BCUT2D eigenvalue weighted by Crippen LogP contribution is 2.23. The van der Waals surface area contributed by atoms with Gasteiger partial charge in [0.15, 0.2) is 0 Å². The number of para-hydroxylation sites is 2. The fraction of sp³-hybridized carbons (Fsp3) is 0.435. The second-order valence-electron chi connectivity index (χ2n) is 7.03. The number of hydrogen-bond acceptors (Lipinski definition) is 4. The van der Waals surface area contributed by atoms with Crippen LogP contribution >= 0.6 is 0 Å². The van der Waals surface area contributed by atoms with E-state index < -0.39 is 0 Å². The Kier molecular flexibility index (Phi) is 7.31. The number of benzene rings is 2. The Labute approximate surface area is 167 Å². The average Bonchev–Trinajstić information content (AvgIpc) is 3.25. The van der Waals surface area contributed by atoms with Crippen LogP contribution in [-0.2, 0) is 22.5 Å². The molecule has 0 saturated carbocycles. The summed E-state index contributed by atoms with van der Waals surface area (Å²) in [5.74, 6) is 1.75. The lowest BCUT2D eigenvalue weighted by Gasteiger charge is -2.26. The summed E-state index contributed by atoms with van der Waals surface area (Å²) in [6.45, 7) is 1.92. The minimum atomic E-state index is 0.116. The van der Waals surface area contributed by atoms with Gasteiger partial charge in [-0.2, -0.15) is 0 Å². The van der Waals surface area contributed by atoms with Gasteiger partial charge in [0.05, 0.1) is 20.3 Å². The number of aryl methyl sites for hydroxylation is 1. The van der Waals surface area contributed by atoms with Crippen LogP contribution in [0.25, 0.3) is 0 Å². The van der Waals surface area contributed by atoms with Crippen molar-refractivity contribution in [2.75, 3.05) is 27.4 Å². The summed E-state index contributed by atoms with van der Waals surface area (Å²) >= 11 is 0. The van der Waals surface area contributed by atoms with Crippen molar-refractivity contribution < 1.29 is 19.0 Å². The van der Waals surface area contributed by atoms with Crippen LogP contribution in [0.1, 0.15) is 30.4 Å². The summed E-state index contributed by atoms with van der Waals surface area (Å²) in [4.78, 5) is 15.0. The predicted molar refractivity (Wildman–Crippen MR) is 109 cm³/mol. The van der Waals surface area contributed by atoms with E-state index in [0.717, 1.165) is 42.1 Å². The fourth-order valence-corrected chi connectivity index (χ4v) is 3.64. The molecule has 28 heavy (non-hydrogen) atoms. The van der Waals surface area contributed by atoms with E-state index in [0.29, 0.717) is 25.9 Å². The molecule has 0 bridgehead atoms. The van der Waals surface area contributed by atoms with Gasteiger partial charge in [0.2, 0.25) is 5.91 Å². The molecule has 5 nitrogen and oxygen atoms in total. The van der Waals surface area contributed by atoms with Crippen molar-refractivity contribution in [3.8, 4) is 11.5 Å². The van der Waals surface area contributed by atoms with Crippen LogP contribution in [0.5, 0.6) is 11.5 Å². The molecule has 1 aliphatic heterocycles. The number of hydrogen-bond donors (Lipinski definition) is 0. The zero-order valence-corrected chi connectivity index (χ0v) is 16.7. The number of ether oxygens (including phenoxy) is 3. The summed E-state index contributed by atoms with van der Waals surface area (Å²) in [5.41, 5.74) is 2.06. The molecule has 150 valence electrons. The van der Waals surface area contributed by atoms with Crippen LogP contribution in [0.4, 0.5) is 0 Å². The van der Waals surface area contributed by atoms with Gasteiger partial charge < -0.3 is 19.1 Å². The SMILES string of the molecule is COc1ccccc1CCC(=O)N(Cc1ccccc1OC)CC1CCCO1. The first-order chi connectivity index (χ1) is 13.7. The second kappa shape index (κ2) is 10.1. The zero-order valence-electron chi connectivity index (χ0n) is 16.7. The largest absolute Gasteiger partial charge is 0.496 e. The maximum absolute atomic E-state index is 13.1. The molecule has 1 fully saturated rings. The summed E-state index contributed by atoms with van der Waals surface area (Å²) < 4.78 is 16.7. The topological polar surface area (TPSA) is 48.0 Å². The molecule has 1 aliphatic rings. The fourth-order valence-electron chi connectivity index (χ4n) is 3.64. The maximum atomic E-state index is 13.1. The minimum absolute atomic E-state index is 0.116. The Morgan fingerprint density at radius 1 is 1.04 bits per heavy atom. The first kappa shape index (κ1) is 20.2. The van der Waals surface area contributed by atoms with Crippen LogP contribution in [0.3, 0.4) is 0 Å². The molecule has 1 atom stereocenters. The summed E-state index contributed by atoms with van der Waals surface area (Å²) in [5, 5.41) is 0. The van der Waals surface area contributed by atoms with Gasteiger partial charge in [-0.3, -0.25) is 4.79 Å². The Bertz CT molecular complexity index is 771. The molecule has 1 heterocycles. The van der Waals surface area contributed by atoms with E-state index >= 15 is 0 Å². The number of methoxy groups -OCH3 is 2. The average molecular weight is 383 g/mol. The Balaban J connectivity index is 1.70. The van der Waals surface area contributed by atoms with Crippen molar-refractivity contribution >= 4 is 5.91 Å². The molecule has 1 amide bonds. The van der Waals surface area contributed by atoms with E-state index in [9.17, 15) is 4.79 Å². The first-order valence-electron chi connectivity index (χ1n) is 9.84. The van der Waals surface area contributed by atoms with Gasteiger partial charge in [-0.05, 0) is 37.0 Å². The number of amides is 1. The highest BCUT2D eigenvalue weighted by atomic mass is 16.5. The van der Waals surface area contributed by atoms with Gasteiger partial charge in [-0.1, -0.05) is 36.4 Å². The summed E-state index contributed by atoms with van der Waals surface area (Å²) in [6, 6.07) is 15.7. The molecular weight excluding hydrogens is 354 g/mol. The predicted octanol–water partition coefficient (Wildman–Crippen LogP) is 3.84. The second-order valence-corrected chi connectivity index (χ2v) is 7.03. The molecule has 0 spiro atoms. The van der Waals surface area contributed by atoms with Crippen molar-refractivity contribution in [3.05, 3.63) is 59.7 Å². The van der Waals surface area contributed by atoms with E-state index in [-0.39, 0.29) is 12.0 Å². The molecule has 0 aromatic heterocycles. The number of nitrogens with zero attached hydrogens (tertiary/aromatic N) is 1. The lowest BCUT2D eigenvalue weighted by molar-refractivity contribution is -0.133. The van der Waals surface area contributed by atoms with Crippen molar-refractivity contribution in [2.45, 2.75) is 38.3 Å². The Morgan fingerprint density at radius 2 is 1.68 bits per heavy atom. The van der Waals surface area contributed by atoms with Gasteiger partial charge in [0, 0.05) is 31.7 Å². The van der Waals surface area contributed by atoms with Gasteiger partial charge >= 0.3 is 0 Å². The zero-order chi connectivity index (χ0) is 19.8.